The van der Waals surface area contributed by atoms with Gasteiger partial charge < -0.3 is 25.0 Å². The number of hydrogen-bond acceptors (Lipinski definition) is 5. The van der Waals surface area contributed by atoms with Crippen LogP contribution in [-0.4, -0.2) is 72.6 Å². The van der Waals surface area contributed by atoms with E-state index in [1.54, 1.807) is 0 Å². The summed E-state index contributed by atoms with van der Waals surface area (Å²) in [5.74, 6) is 0.138. The van der Waals surface area contributed by atoms with Crippen molar-refractivity contribution in [2.45, 2.75) is 13.5 Å². The number of carbonyl (C=O) groups excluding carboxylic acids is 1. The Kier molecular flexibility index (Phi) is 6.68. The molecule has 2 aromatic carbocycles. The largest absolute Gasteiger partial charge is 0.397 e. The number of carbonyl (C=O) groups is 1. The summed E-state index contributed by atoms with van der Waals surface area (Å²) in [6.45, 7) is 10.1. The van der Waals surface area contributed by atoms with Crippen molar-refractivity contribution in [3.05, 3.63) is 77.6 Å². The number of hydrogen-bond donors (Lipinski definition) is 1. The first-order valence-corrected chi connectivity index (χ1v) is 12.6. The Morgan fingerprint density at radius 2 is 1.46 bits per heavy atom. The third-order valence-electron chi connectivity index (χ3n) is 7.59. The average molecular weight is 473 g/mol. The highest BCUT2D eigenvalue weighted by Crippen LogP contribution is 2.25. The number of rotatable bonds is 5. The van der Waals surface area contributed by atoms with E-state index in [0.29, 0.717) is 0 Å². The number of nitrogens with zero attached hydrogens (tertiary/aromatic N) is 5. The molecule has 7 nitrogen and oxygen atoms in total. The molecule has 35 heavy (non-hydrogen) atoms. The SMILES string of the molecule is Cc1c(CN2CCN(c3ccccc3N)CC2)cc(C(=O)N2CCN(c3ccccc3)CC2)n1C. The Hall–Kier alpha value is -3.45. The molecule has 2 aliphatic rings. The van der Waals surface area contributed by atoms with Crippen molar-refractivity contribution in [2.75, 3.05) is 67.9 Å². The van der Waals surface area contributed by atoms with Crippen LogP contribution in [0.5, 0.6) is 0 Å². The van der Waals surface area contributed by atoms with E-state index in [9.17, 15) is 4.79 Å². The van der Waals surface area contributed by atoms with Gasteiger partial charge in [-0.3, -0.25) is 9.69 Å². The maximum absolute atomic E-state index is 13.4. The molecule has 0 bridgehead atoms. The minimum absolute atomic E-state index is 0.138. The zero-order chi connectivity index (χ0) is 24.4. The van der Waals surface area contributed by atoms with Crippen LogP contribution in [0, 0.1) is 6.92 Å². The van der Waals surface area contributed by atoms with Gasteiger partial charge in [0.1, 0.15) is 5.69 Å². The molecule has 0 aliphatic carbocycles. The maximum atomic E-state index is 13.4. The Morgan fingerprint density at radius 1 is 0.829 bits per heavy atom. The molecule has 0 atom stereocenters. The second-order valence-electron chi connectivity index (χ2n) is 9.64. The maximum Gasteiger partial charge on any atom is 0.270 e. The zero-order valence-corrected chi connectivity index (χ0v) is 20.9. The lowest BCUT2D eigenvalue weighted by Crippen LogP contribution is -2.49. The number of aromatic nitrogens is 1. The topological polar surface area (TPSA) is 61.0 Å². The summed E-state index contributed by atoms with van der Waals surface area (Å²) < 4.78 is 2.07. The van der Waals surface area contributed by atoms with Crippen molar-refractivity contribution in [3.63, 3.8) is 0 Å². The third kappa shape index (κ3) is 4.86. The fraction of sp³-hybridized carbons (Fsp3) is 0.393. The van der Waals surface area contributed by atoms with Gasteiger partial charge in [0.05, 0.1) is 11.4 Å². The van der Waals surface area contributed by atoms with E-state index in [1.165, 1.54) is 16.9 Å². The Labute approximate surface area is 208 Å². The summed E-state index contributed by atoms with van der Waals surface area (Å²) in [6.07, 6.45) is 0. The number of anilines is 3. The van der Waals surface area contributed by atoms with E-state index in [-0.39, 0.29) is 5.91 Å². The molecule has 3 heterocycles. The molecular weight excluding hydrogens is 436 g/mol. The molecule has 1 aromatic heterocycles. The molecule has 0 spiro atoms. The number of piperazine rings is 2. The van der Waals surface area contributed by atoms with Crippen LogP contribution >= 0.6 is 0 Å². The summed E-state index contributed by atoms with van der Waals surface area (Å²) in [4.78, 5) is 22.6. The van der Waals surface area contributed by atoms with Crippen LogP contribution in [0.25, 0.3) is 0 Å². The molecule has 0 unspecified atom stereocenters. The summed E-state index contributed by atoms with van der Waals surface area (Å²) in [5, 5.41) is 0. The summed E-state index contributed by atoms with van der Waals surface area (Å²) in [7, 11) is 2.02. The van der Waals surface area contributed by atoms with Crippen LogP contribution in [0.2, 0.25) is 0 Å². The van der Waals surface area contributed by atoms with E-state index >= 15 is 0 Å². The molecule has 2 N–H and O–H groups in total. The van der Waals surface area contributed by atoms with Crippen molar-refractivity contribution in [1.29, 1.82) is 0 Å². The van der Waals surface area contributed by atoms with Crippen molar-refractivity contribution in [2.24, 2.45) is 7.05 Å². The van der Waals surface area contributed by atoms with Gasteiger partial charge in [0, 0.05) is 77.3 Å². The molecule has 0 saturated carbocycles. The molecule has 1 amide bonds. The van der Waals surface area contributed by atoms with E-state index in [1.807, 2.05) is 36.2 Å². The van der Waals surface area contributed by atoms with Crippen LogP contribution in [0.15, 0.2) is 60.7 Å². The normalized spacial score (nSPS) is 17.1. The van der Waals surface area contributed by atoms with Gasteiger partial charge >= 0.3 is 0 Å². The molecule has 0 radical (unpaired) electrons. The predicted octanol–water partition coefficient (Wildman–Crippen LogP) is 3.20. The second-order valence-corrected chi connectivity index (χ2v) is 9.64. The lowest BCUT2D eigenvalue weighted by molar-refractivity contribution is 0.0737. The lowest BCUT2D eigenvalue weighted by atomic mass is 10.2. The van der Waals surface area contributed by atoms with Gasteiger partial charge in [-0.15, -0.1) is 0 Å². The van der Waals surface area contributed by atoms with Crippen molar-refractivity contribution < 1.29 is 4.79 Å². The lowest BCUT2D eigenvalue weighted by Gasteiger charge is -2.36. The molecule has 2 fully saturated rings. The van der Waals surface area contributed by atoms with Crippen molar-refractivity contribution >= 4 is 23.0 Å². The highest BCUT2D eigenvalue weighted by Gasteiger charge is 2.26. The molecule has 2 aliphatic heterocycles. The van der Waals surface area contributed by atoms with Gasteiger partial charge in [-0.05, 0) is 42.8 Å². The van der Waals surface area contributed by atoms with Crippen LogP contribution < -0.4 is 15.5 Å². The summed E-state index contributed by atoms with van der Waals surface area (Å²) in [5.41, 5.74) is 12.6. The van der Waals surface area contributed by atoms with Gasteiger partial charge in [-0.25, -0.2) is 0 Å². The summed E-state index contributed by atoms with van der Waals surface area (Å²) in [6, 6.07) is 20.7. The zero-order valence-electron chi connectivity index (χ0n) is 20.9. The smallest absolute Gasteiger partial charge is 0.270 e. The third-order valence-corrected chi connectivity index (χ3v) is 7.59. The fourth-order valence-electron chi connectivity index (χ4n) is 5.26. The van der Waals surface area contributed by atoms with Gasteiger partial charge in [-0.1, -0.05) is 30.3 Å². The van der Waals surface area contributed by atoms with Crippen molar-refractivity contribution in [1.82, 2.24) is 14.4 Å². The Balaban J connectivity index is 1.19. The van der Waals surface area contributed by atoms with Gasteiger partial charge in [0.2, 0.25) is 0 Å². The minimum atomic E-state index is 0.138. The molecule has 7 heteroatoms. The molecule has 2 saturated heterocycles. The monoisotopic (exact) mass is 472 g/mol. The average Bonchev–Trinajstić information content (AvgIpc) is 3.18. The van der Waals surface area contributed by atoms with E-state index in [0.717, 1.165) is 76.0 Å². The van der Waals surface area contributed by atoms with Gasteiger partial charge in [0.15, 0.2) is 0 Å². The van der Waals surface area contributed by atoms with Crippen LogP contribution in [-0.2, 0) is 13.6 Å². The van der Waals surface area contributed by atoms with Crippen LogP contribution in [0.1, 0.15) is 21.7 Å². The van der Waals surface area contributed by atoms with E-state index < -0.39 is 0 Å². The number of para-hydroxylation sites is 3. The second kappa shape index (κ2) is 10.0. The first-order valence-electron chi connectivity index (χ1n) is 12.6. The van der Waals surface area contributed by atoms with Gasteiger partial charge in [-0.2, -0.15) is 0 Å². The van der Waals surface area contributed by atoms with Gasteiger partial charge in [0.25, 0.3) is 5.91 Å². The number of benzene rings is 2. The highest BCUT2D eigenvalue weighted by atomic mass is 16.2. The van der Waals surface area contributed by atoms with Crippen LogP contribution in [0.4, 0.5) is 17.1 Å². The Bertz CT molecular complexity index is 1160. The number of amides is 1. The molecular formula is C28H36N6O. The standard InChI is InChI=1S/C28H36N6O/c1-22-23(21-31-12-14-33(15-13-31)26-11-7-6-10-25(26)29)20-27(30(22)2)28(35)34-18-16-32(17-19-34)24-8-4-3-5-9-24/h3-11,20H,12-19,21,29H2,1-2H3. The summed E-state index contributed by atoms with van der Waals surface area (Å²) >= 11 is 0. The van der Waals surface area contributed by atoms with Crippen LogP contribution in [0.3, 0.4) is 0 Å². The highest BCUT2D eigenvalue weighted by molar-refractivity contribution is 5.93. The molecule has 5 rings (SSSR count). The van der Waals surface area contributed by atoms with E-state index in [2.05, 4.69) is 62.6 Å². The Morgan fingerprint density at radius 3 is 2.14 bits per heavy atom. The van der Waals surface area contributed by atoms with Crippen molar-refractivity contribution in [3.8, 4) is 0 Å². The number of nitrogen functional groups attached to an aromatic ring is 1. The fourth-order valence-corrected chi connectivity index (χ4v) is 5.26. The quantitative estimate of drug-likeness (QED) is 0.578. The van der Waals surface area contributed by atoms with E-state index in [4.69, 9.17) is 5.73 Å². The minimum Gasteiger partial charge on any atom is -0.397 e. The predicted molar refractivity (Wildman–Crippen MR) is 143 cm³/mol. The number of nitrogens with two attached hydrogens (primary N) is 1. The first kappa shape index (κ1) is 23.3. The first-order chi connectivity index (χ1) is 17.0. The molecule has 3 aromatic rings. The molecule has 184 valence electrons.